The molecule has 1 heterocycles. The first-order valence-corrected chi connectivity index (χ1v) is 5.97. The van der Waals surface area contributed by atoms with E-state index in [-0.39, 0.29) is 5.41 Å². The van der Waals surface area contributed by atoms with Crippen molar-refractivity contribution in [1.82, 2.24) is 0 Å². The van der Waals surface area contributed by atoms with Crippen LogP contribution in [0.3, 0.4) is 0 Å². The minimum absolute atomic E-state index is 0.0689. The van der Waals surface area contributed by atoms with E-state index in [1.807, 2.05) is 6.07 Å². The van der Waals surface area contributed by atoms with Crippen molar-refractivity contribution in [3.63, 3.8) is 0 Å². The predicted octanol–water partition coefficient (Wildman–Crippen LogP) is 3.90. The van der Waals surface area contributed by atoms with Gasteiger partial charge >= 0.3 is 5.97 Å². The highest BCUT2D eigenvalue weighted by atomic mass is 32.1. The summed E-state index contributed by atoms with van der Waals surface area (Å²) in [6.07, 6.45) is 0. The molecule has 1 N–H and O–H groups in total. The molecule has 2 nitrogen and oxygen atoms in total. The zero-order valence-electron chi connectivity index (χ0n) is 9.57. The van der Waals surface area contributed by atoms with Crippen LogP contribution in [0.5, 0.6) is 0 Å². The summed E-state index contributed by atoms with van der Waals surface area (Å²) < 4.78 is 0.875. The third kappa shape index (κ3) is 1.83. The van der Waals surface area contributed by atoms with Crippen molar-refractivity contribution in [3.8, 4) is 0 Å². The summed E-state index contributed by atoms with van der Waals surface area (Å²) in [6, 6.07) is 7.51. The Kier molecular flexibility index (Phi) is 2.50. The Morgan fingerprint density at radius 2 is 2.00 bits per heavy atom. The maximum atomic E-state index is 11.1. The highest BCUT2D eigenvalue weighted by Gasteiger charge is 2.19. The Balaban J connectivity index is 2.71. The molecule has 3 heteroatoms. The summed E-state index contributed by atoms with van der Waals surface area (Å²) in [5.74, 6) is -0.854. The molecule has 0 fully saturated rings. The van der Waals surface area contributed by atoms with E-state index in [0.717, 1.165) is 10.1 Å². The number of benzene rings is 1. The van der Waals surface area contributed by atoms with Gasteiger partial charge in [-0.15, -0.1) is 11.3 Å². The van der Waals surface area contributed by atoms with E-state index in [9.17, 15) is 4.79 Å². The number of hydrogen-bond donors (Lipinski definition) is 1. The molecule has 1 aromatic carbocycles. The van der Waals surface area contributed by atoms with Gasteiger partial charge in [-0.3, -0.25) is 0 Å². The van der Waals surface area contributed by atoms with Gasteiger partial charge in [0.05, 0.1) is 5.56 Å². The predicted molar refractivity (Wildman–Crippen MR) is 67.5 cm³/mol. The van der Waals surface area contributed by atoms with Crippen molar-refractivity contribution in [1.29, 1.82) is 0 Å². The highest BCUT2D eigenvalue weighted by molar-refractivity contribution is 7.19. The van der Waals surface area contributed by atoms with Crippen molar-refractivity contribution in [2.45, 2.75) is 26.2 Å². The molecule has 0 unspecified atom stereocenters. The van der Waals surface area contributed by atoms with Crippen LogP contribution >= 0.6 is 11.3 Å². The molecule has 0 bridgehead atoms. The van der Waals surface area contributed by atoms with E-state index in [1.165, 1.54) is 4.88 Å². The highest BCUT2D eigenvalue weighted by Crippen LogP contribution is 2.35. The van der Waals surface area contributed by atoms with Crippen LogP contribution in [0.25, 0.3) is 10.1 Å². The number of aromatic carboxylic acids is 1. The standard InChI is InChI=1S/C13H14O2S/c1-13(2,3)10-7-8-5-4-6-9(12(14)15)11(8)16-10/h4-7H,1-3H3,(H,14,15). The number of fused-ring (bicyclic) bond motifs is 1. The second kappa shape index (κ2) is 3.59. The van der Waals surface area contributed by atoms with Gasteiger partial charge in [0.25, 0.3) is 0 Å². The molecule has 0 atom stereocenters. The van der Waals surface area contributed by atoms with E-state index >= 15 is 0 Å². The van der Waals surface area contributed by atoms with Crippen molar-refractivity contribution >= 4 is 27.4 Å². The third-order valence-electron chi connectivity index (χ3n) is 2.51. The molecule has 0 aliphatic heterocycles. The summed E-state index contributed by atoms with van der Waals surface area (Å²) in [5.41, 5.74) is 0.470. The average molecular weight is 234 g/mol. The van der Waals surface area contributed by atoms with Crippen LogP contribution in [0.15, 0.2) is 24.3 Å². The van der Waals surface area contributed by atoms with Gasteiger partial charge in [0, 0.05) is 9.58 Å². The van der Waals surface area contributed by atoms with Gasteiger partial charge in [0.1, 0.15) is 0 Å². The maximum absolute atomic E-state index is 11.1. The summed E-state index contributed by atoms with van der Waals surface area (Å²) in [5, 5.41) is 10.1. The molecule has 0 spiro atoms. The van der Waals surface area contributed by atoms with Gasteiger partial charge in [-0.25, -0.2) is 4.79 Å². The van der Waals surface area contributed by atoms with Crippen LogP contribution < -0.4 is 0 Å². The minimum Gasteiger partial charge on any atom is -0.478 e. The maximum Gasteiger partial charge on any atom is 0.337 e. The molecular weight excluding hydrogens is 220 g/mol. The van der Waals surface area contributed by atoms with E-state index in [1.54, 1.807) is 23.5 Å². The van der Waals surface area contributed by atoms with Crippen LogP contribution in [0, 0.1) is 0 Å². The normalized spacial score (nSPS) is 11.9. The number of carboxylic acids is 1. The van der Waals surface area contributed by atoms with Crippen LogP contribution in [-0.2, 0) is 5.41 Å². The Morgan fingerprint density at radius 3 is 2.56 bits per heavy atom. The molecule has 0 aliphatic carbocycles. The molecule has 2 aromatic rings. The van der Waals surface area contributed by atoms with E-state index in [0.29, 0.717) is 5.56 Å². The summed E-state index contributed by atoms with van der Waals surface area (Å²) in [6.45, 7) is 6.41. The van der Waals surface area contributed by atoms with Crippen LogP contribution in [0.2, 0.25) is 0 Å². The molecular formula is C13H14O2S. The lowest BCUT2D eigenvalue weighted by Gasteiger charge is -2.14. The number of carboxylic acid groups (broad SMARTS) is 1. The van der Waals surface area contributed by atoms with Gasteiger partial charge in [0.2, 0.25) is 0 Å². The second-order valence-corrected chi connectivity index (χ2v) is 5.94. The lowest BCUT2D eigenvalue weighted by Crippen LogP contribution is -2.07. The summed E-state index contributed by atoms with van der Waals surface area (Å²) >= 11 is 1.58. The molecule has 2 rings (SSSR count). The van der Waals surface area contributed by atoms with E-state index in [2.05, 4.69) is 26.8 Å². The largest absolute Gasteiger partial charge is 0.478 e. The first-order chi connectivity index (χ1) is 7.39. The molecule has 0 radical (unpaired) electrons. The SMILES string of the molecule is CC(C)(C)c1cc2cccc(C(=O)O)c2s1. The summed E-state index contributed by atoms with van der Waals surface area (Å²) in [7, 11) is 0. The number of carbonyl (C=O) groups is 1. The quantitative estimate of drug-likeness (QED) is 0.812. The third-order valence-corrected chi connectivity index (χ3v) is 4.12. The van der Waals surface area contributed by atoms with Gasteiger partial charge in [-0.2, -0.15) is 0 Å². The van der Waals surface area contributed by atoms with Gasteiger partial charge in [0.15, 0.2) is 0 Å². The van der Waals surface area contributed by atoms with Crippen molar-refractivity contribution < 1.29 is 9.90 Å². The van der Waals surface area contributed by atoms with E-state index < -0.39 is 5.97 Å². The molecule has 0 saturated carbocycles. The van der Waals surface area contributed by atoms with Crippen LogP contribution in [-0.4, -0.2) is 11.1 Å². The van der Waals surface area contributed by atoms with Crippen molar-refractivity contribution in [2.24, 2.45) is 0 Å². The molecule has 84 valence electrons. The first-order valence-electron chi connectivity index (χ1n) is 5.16. The molecule has 16 heavy (non-hydrogen) atoms. The fourth-order valence-electron chi connectivity index (χ4n) is 1.60. The molecule has 0 saturated heterocycles. The van der Waals surface area contributed by atoms with Gasteiger partial charge in [-0.05, 0) is 22.9 Å². The van der Waals surface area contributed by atoms with Gasteiger partial charge in [-0.1, -0.05) is 32.9 Å². The Bertz CT molecular complexity index is 547. The fraction of sp³-hybridized carbons (Fsp3) is 0.308. The topological polar surface area (TPSA) is 37.3 Å². The van der Waals surface area contributed by atoms with Crippen molar-refractivity contribution in [2.75, 3.05) is 0 Å². The Hall–Kier alpha value is -1.35. The number of thiophene rings is 1. The number of rotatable bonds is 1. The zero-order chi connectivity index (χ0) is 11.9. The molecule has 0 amide bonds. The Labute approximate surface area is 98.5 Å². The lowest BCUT2D eigenvalue weighted by molar-refractivity contribution is 0.0699. The van der Waals surface area contributed by atoms with E-state index in [4.69, 9.17) is 5.11 Å². The number of hydrogen-bond acceptors (Lipinski definition) is 2. The minimum atomic E-state index is -0.854. The zero-order valence-corrected chi connectivity index (χ0v) is 10.4. The van der Waals surface area contributed by atoms with Crippen molar-refractivity contribution in [3.05, 3.63) is 34.7 Å². The molecule has 0 aliphatic rings. The molecule has 1 aromatic heterocycles. The monoisotopic (exact) mass is 234 g/mol. The second-order valence-electron chi connectivity index (χ2n) is 4.89. The van der Waals surface area contributed by atoms with Gasteiger partial charge < -0.3 is 5.11 Å². The Morgan fingerprint density at radius 1 is 1.31 bits per heavy atom. The smallest absolute Gasteiger partial charge is 0.337 e. The average Bonchev–Trinajstić information content (AvgIpc) is 2.59. The fourth-order valence-corrected chi connectivity index (χ4v) is 2.82. The van der Waals surface area contributed by atoms with Crippen LogP contribution in [0.1, 0.15) is 36.0 Å². The summed E-state index contributed by atoms with van der Waals surface area (Å²) in [4.78, 5) is 12.3. The first kappa shape index (κ1) is 11.1. The lowest BCUT2D eigenvalue weighted by atomic mass is 9.94. The van der Waals surface area contributed by atoms with Crippen LogP contribution in [0.4, 0.5) is 0 Å².